The summed E-state index contributed by atoms with van der Waals surface area (Å²) in [5.74, 6) is -0.764. The van der Waals surface area contributed by atoms with Crippen molar-refractivity contribution in [3.8, 4) is 5.75 Å². The van der Waals surface area contributed by atoms with Crippen molar-refractivity contribution in [1.82, 2.24) is 9.78 Å². The molecule has 1 amide bonds. The number of nitrogens with zero attached hydrogens (tertiary/aromatic N) is 3. The van der Waals surface area contributed by atoms with Gasteiger partial charge in [-0.1, -0.05) is 17.7 Å². The van der Waals surface area contributed by atoms with Gasteiger partial charge in [-0.25, -0.2) is 4.39 Å². The number of anilines is 1. The van der Waals surface area contributed by atoms with Gasteiger partial charge in [-0.15, -0.1) is 0 Å². The fraction of sp³-hybridized carbons (Fsp3) is 0.158. The van der Waals surface area contributed by atoms with Crippen LogP contribution in [0.2, 0.25) is 5.02 Å². The molecule has 3 aromatic rings. The molecule has 0 aliphatic carbocycles. The van der Waals surface area contributed by atoms with Crippen LogP contribution in [-0.4, -0.2) is 27.7 Å². The van der Waals surface area contributed by atoms with E-state index in [4.69, 9.17) is 16.3 Å². The number of ether oxygens (including phenoxy) is 1. The standard InChI is InChI=1S/C19H16ClFN4O4/c1-11-8-18(23-24(11)10-13-14(20)4-3-5-15(13)21)22-19(26)12-6-7-17(29-2)16(9-12)25(27)28/h3-9H,10H2,1-2H3,(H,22,23,26). The molecule has 0 bridgehead atoms. The molecular weight excluding hydrogens is 403 g/mol. The van der Waals surface area contributed by atoms with Crippen molar-refractivity contribution in [2.24, 2.45) is 0 Å². The first-order chi connectivity index (χ1) is 13.8. The van der Waals surface area contributed by atoms with E-state index in [0.29, 0.717) is 5.69 Å². The summed E-state index contributed by atoms with van der Waals surface area (Å²) >= 11 is 6.05. The third-order valence-corrected chi connectivity index (χ3v) is 4.58. The average molecular weight is 419 g/mol. The van der Waals surface area contributed by atoms with Crippen LogP contribution in [0.25, 0.3) is 0 Å². The number of rotatable bonds is 6. The first kappa shape index (κ1) is 20.3. The molecular formula is C19H16ClFN4O4. The predicted octanol–water partition coefficient (Wildman–Crippen LogP) is 4.20. The fourth-order valence-electron chi connectivity index (χ4n) is 2.73. The Bertz CT molecular complexity index is 1080. The van der Waals surface area contributed by atoms with E-state index in [-0.39, 0.29) is 39.9 Å². The molecule has 1 aromatic heterocycles. The number of nitro benzene ring substituents is 1. The minimum absolute atomic E-state index is 0.0495. The lowest BCUT2D eigenvalue weighted by Crippen LogP contribution is -2.13. The van der Waals surface area contributed by atoms with Crippen molar-refractivity contribution in [3.05, 3.63) is 80.2 Å². The third-order valence-electron chi connectivity index (χ3n) is 4.23. The van der Waals surface area contributed by atoms with E-state index in [1.54, 1.807) is 19.1 Å². The maximum Gasteiger partial charge on any atom is 0.311 e. The summed E-state index contributed by atoms with van der Waals surface area (Å²) in [6, 6.07) is 9.87. The van der Waals surface area contributed by atoms with Crippen LogP contribution in [0, 0.1) is 22.9 Å². The Hall–Kier alpha value is -3.46. The van der Waals surface area contributed by atoms with E-state index in [9.17, 15) is 19.3 Å². The Morgan fingerprint density at radius 2 is 2.10 bits per heavy atom. The zero-order valence-corrected chi connectivity index (χ0v) is 16.2. The highest BCUT2D eigenvalue weighted by Gasteiger charge is 2.19. The summed E-state index contributed by atoms with van der Waals surface area (Å²) in [4.78, 5) is 23.0. The molecule has 0 atom stereocenters. The van der Waals surface area contributed by atoms with Crippen molar-refractivity contribution in [2.45, 2.75) is 13.5 Å². The summed E-state index contributed by atoms with van der Waals surface area (Å²) < 4.78 is 20.4. The molecule has 0 fully saturated rings. The normalized spacial score (nSPS) is 10.6. The van der Waals surface area contributed by atoms with Crippen molar-refractivity contribution >= 4 is 29.0 Å². The van der Waals surface area contributed by atoms with Gasteiger partial charge in [0.2, 0.25) is 0 Å². The summed E-state index contributed by atoms with van der Waals surface area (Å²) in [7, 11) is 1.30. The average Bonchev–Trinajstić information content (AvgIpc) is 3.03. The molecule has 150 valence electrons. The zero-order chi connectivity index (χ0) is 21.1. The molecule has 2 aromatic carbocycles. The Morgan fingerprint density at radius 3 is 2.76 bits per heavy atom. The lowest BCUT2D eigenvalue weighted by molar-refractivity contribution is -0.385. The van der Waals surface area contributed by atoms with Crippen LogP contribution in [-0.2, 0) is 6.54 Å². The van der Waals surface area contributed by atoms with Crippen LogP contribution in [0.1, 0.15) is 21.6 Å². The number of nitrogens with one attached hydrogen (secondary N) is 1. The molecule has 0 radical (unpaired) electrons. The number of nitro groups is 1. The number of halogens is 2. The van der Waals surface area contributed by atoms with Crippen molar-refractivity contribution in [1.29, 1.82) is 0 Å². The van der Waals surface area contributed by atoms with Crippen LogP contribution in [0.5, 0.6) is 5.75 Å². The van der Waals surface area contributed by atoms with Gasteiger partial charge < -0.3 is 10.1 Å². The van der Waals surface area contributed by atoms with Crippen LogP contribution < -0.4 is 10.1 Å². The second-order valence-corrected chi connectivity index (χ2v) is 6.53. The molecule has 1 N–H and O–H groups in total. The van der Waals surface area contributed by atoms with Gasteiger partial charge in [-0.3, -0.25) is 19.6 Å². The number of benzene rings is 2. The molecule has 0 spiro atoms. The molecule has 0 unspecified atom stereocenters. The quantitative estimate of drug-likeness (QED) is 0.477. The minimum Gasteiger partial charge on any atom is -0.490 e. The molecule has 29 heavy (non-hydrogen) atoms. The predicted molar refractivity (Wildman–Crippen MR) is 105 cm³/mol. The lowest BCUT2D eigenvalue weighted by Gasteiger charge is -2.08. The number of methoxy groups -OCH3 is 1. The largest absolute Gasteiger partial charge is 0.490 e. The minimum atomic E-state index is -0.632. The Labute approximate surface area is 170 Å². The second kappa shape index (κ2) is 8.27. The van der Waals surface area contributed by atoms with E-state index in [1.165, 1.54) is 36.1 Å². The molecule has 0 saturated heterocycles. The first-order valence-electron chi connectivity index (χ1n) is 8.41. The highest BCUT2D eigenvalue weighted by atomic mass is 35.5. The summed E-state index contributed by atoms with van der Waals surface area (Å²) in [5.41, 5.74) is 0.697. The fourth-order valence-corrected chi connectivity index (χ4v) is 2.95. The maximum atomic E-state index is 14.0. The van der Waals surface area contributed by atoms with Crippen LogP contribution in [0.15, 0.2) is 42.5 Å². The number of hydrogen-bond acceptors (Lipinski definition) is 5. The molecule has 8 nitrogen and oxygen atoms in total. The van der Waals surface area contributed by atoms with Gasteiger partial charge in [0, 0.05) is 34.0 Å². The smallest absolute Gasteiger partial charge is 0.311 e. The number of hydrogen-bond donors (Lipinski definition) is 1. The van der Waals surface area contributed by atoms with Gasteiger partial charge in [0.1, 0.15) is 5.82 Å². The highest BCUT2D eigenvalue weighted by molar-refractivity contribution is 6.31. The van der Waals surface area contributed by atoms with E-state index in [2.05, 4.69) is 10.4 Å². The van der Waals surface area contributed by atoms with E-state index < -0.39 is 16.6 Å². The summed E-state index contributed by atoms with van der Waals surface area (Å²) in [6.07, 6.45) is 0. The Morgan fingerprint density at radius 1 is 1.34 bits per heavy atom. The van der Waals surface area contributed by atoms with Gasteiger partial charge in [0.25, 0.3) is 5.91 Å². The van der Waals surface area contributed by atoms with Gasteiger partial charge in [0.15, 0.2) is 11.6 Å². The SMILES string of the molecule is COc1ccc(C(=O)Nc2cc(C)n(Cc3c(F)cccc3Cl)n2)cc1[N+](=O)[O-]. The van der Waals surface area contributed by atoms with Crippen LogP contribution in [0.4, 0.5) is 15.9 Å². The molecule has 0 saturated carbocycles. The van der Waals surface area contributed by atoms with Crippen molar-refractivity contribution in [2.75, 3.05) is 12.4 Å². The number of aryl methyl sites for hydroxylation is 1. The monoisotopic (exact) mass is 418 g/mol. The van der Waals surface area contributed by atoms with Gasteiger partial charge >= 0.3 is 5.69 Å². The molecule has 1 heterocycles. The van der Waals surface area contributed by atoms with Gasteiger partial charge in [-0.05, 0) is 31.2 Å². The number of amides is 1. The molecule has 3 rings (SSSR count). The zero-order valence-electron chi connectivity index (χ0n) is 15.5. The number of carbonyl (C=O) groups excluding carboxylic acids is 1. The van der Waals surface area contributed by atoms with Crippen molar-refractivity contribution < 1.29 is 18.8 Å². The summed E-state index contributed by atoms with van der Waals surface area (Å²) in [5, 5.41) is 18.2. The number of aromatic nitrogens is 2. The van der Waals surface area contributed by atoms with E-state index >= 15 is 0 Å². The van der Waals surface area contributed by atoms with Gasteiger partial charge in [0.05, 0.1) is 18.6 Å². The Kier molecular flexibility index (Phi) is 5.79. The Balaban J connectivity index is 1.81. The molecule has 0 aliphatic heterocycles. The lowest BCUT2D eigenvalue weighted by atomic mass is 10.1. The van der Waals surface area contributed by atoms with Crippen molar-refractivity contribution in [3.63, 3.8) is 0 Å². The highest BCUT2D eigenvalue weighted by Crippen LogP contribution is 2.28. The molecule has 0 aliphatic rings. The second-order valence-electron chi connectivity index (χ2n) is 6.13. The summed E-state index contributed by atoms with van der Waals surface area (Å²) in [6.45, 7) is 1.83. The number of carbonyl (C=O) groups is 1. The first-order valence-corrected chi connectivity index (χ1v) is 8.79. The van der Waals surface area contributed by atoms with E-state index in [0.717, 1.165) is 6.07 Å². The third kappa shape index (κ3) is 4.35. The van der Waals surface area contributed by atoms with Crippen LogP contribution in [0.3, 0.4) is 0 Å². The van der Waals surface area contributed by atoms with E-state index in [1.807, 2.05) is 0 Å². The van der Waals surface area contributed by atoms with Gasteiger partial charge in [-0.2, -0.15) is 5.10 Å². The van der Waals surface area contributed by atoms with Crippen LogP contribution >= 0.6 is 11.6 Å². The maximum absolute atomic E-state index is 14.0. The topological polar surface area (TPSA) is 99.3 Å². The molecule has 10 heteroatoms.